The van der Waals surface area contributed by atoms with E-state index in [4.69, 9.17) is 0 Å². The normalized spacial score (nSPS) is 17.6. The summed E-state index contributed by atoms with van der Waals surface area (Å²) < 4.78 is 0. The molecule has 43 heavy (non-hydrogen) atoms. The fraction of sp³-hybridized carbons (Fsp3) is 0.405. The standard InChI is InChI=1S/C37H44N4O2/c42-35(39-26-32(27-14-4-1-5-15-27)28-16-6-2-7-17-28)34(24-29-25-38-33-21-11-10-20-31(29)33)41-37(22-12-13-23-37)36(43)40-30-18-8-3-9-19-30/h1-2,4-7,10-11,14-17,20-21,25,30,32,34,38,41H,3,8-9,12-13,18-19,22-24,26H2,(H,39,42)(H,40,43)/t34-/m0/s1. The van der Waals surface area contributed by atoms with Gasteiger partial charge in [0.25, 0.3) is 0 Å². The highest BCUT2D eigenvalue weighted by atomic mass is 16.2. The lowest BCUT2D eigenvalue weighted by Gasteiger charge is -2.35. The Hall–Kier alpha value is -3.90. The fourth-order valence-corrected chi connectivity index (χ4v) is 7.17. The molecule has 0 spiro atoms. The summed E-state index contributed by atoms with van der Waals surface area (Å²) in [4.78, 5) is 31.5. The molecule has 2 aliphatic carbocycles. The van der Waals surface area contributed by atoms with Crippen LogP contribution in [-0.4, -0.2) is 41.0 Å². The predicted octanol–water partition coefficient (Wildman–Crippen LogP) is 6.38. The summed E-state index contributed by atoms with van der Waals surface area (Å²) in [5.41, 5.74) is 3.72. The van der Waals surface area contributed by atoms with Crippen molar-refractivity contribution in [2.45, 2.75) is 87.7 Å². The fourth-order valence-electron chi connectivity index (χ4n) is 7.17. The number of nitrogens with one attached hydrogen (secondary N) is 4. The van der Waals surface area contributed by atoms with Crippen LogP contribution in [0.2, 0.25) is 0 Å². The van der Waals surface area contributed by atoms with Crippen LogP contribution in [-0.2, 0) is 16.0 Å². The topological polar surface area (TPSA) is 86.0 Å². The average molecular weight is 577 g/mol. The molecule has 0 aliphatic heterocycles. The molecule has 4 aromatic rings. The van der Waals surface area contributed by atoms with Crippen molar-refractivity contribution in [2.24, 2.45) is 0 Å². The first kappa shape index (κ1) is 29.2. The maximum Gasteiger partial charge on any atom is 0.240 e. The van der Waals surface area contributed by atoms with E-state index >= 15 is 0 Å². The number of carbonyl (C=O) groups is 2. The van der Waals surface area contributed by atoms with Crippen LogP contribution < -0.4 is 16.0 Å². The van der Waals surface area contributed by atoms with Gasteiger partial charge in [-0.3, -0.25) is 14.9 Å². The van der Waals surface area contributed by atoms with Crippen LogP contribution in [0.3, 0.4) is 0 Å². The molecule has 1 aromatic heterocycles. The zero-order valence-electron chi connectivity index (χ0n) is 25.0. The Morgan fingerprint density at radius 1 is 0.791 bits per heavy atom. The lowest BCUT2D eigenvalue weighted by molar-refractivity contribution is -0.130. The van der Waals surface area contributed by atoms with Gasteiger partial charge in [-0.05, 0) is 54.9 Å². The van der Waals surface area contributed by atoms with Gasteiger partial charge in [0.2, 0.25) is 11.8 Å². The number of hydrogen-bond donors (Lipinski definition) is 4. The van der Waals surface area contributed by atoms with Crippen LogP contribution in [0.4, 0.5) is 0 Å². The van der Waals surface area contributed by atoms with Crippen molar-refractivity contribution in [2.75, 3.05) is 6.54 Å². The molecule has 6 rings (SSSR count). The number of hydrogen-bond acceptors (Lipinski definition) is 3. The van der Waals surface area contributed by atoms with Crippen molar-refractivity contribution < 1.29 is 9.59 Å². The maximum atomic E-state index is 14.2. The molecule has 1 atom stereocenters. The number of aromatic amines is 1. The SMILES string of the molecule is O=C(NCC(c1ccccc1)c1ccccc1)[C@H](Cc1c[nH]c2ccccc12)NC1(C(=O)NC2CCCCC2)CCCC1. The number of fused-ring (bicyclic) bond motifs is 1. The quantitative estimate of drug-likeness (QED) is 0.167. The Morgan fingerprint density at radius 2 is 1.42 bits per heavy atom. The lowest BCUT2D eigenvalue weighted by atomic mass is 9.90. The number of benzene rings is 3. The maximum absolute atomic E-state index is 14.2. The average Bonchev–Trinajstić information content (AvgIpc) is 3.70. The highest BCUT2D eigenvalue weighted by molar-refractivity contribution is 5.90. The minimum absolute atomic E-state index is 0.0233. The molecular formula is C37H44N4O2. The summed E-state index contributed by atoms with van der Waals surface area (Å²) in [6.07, 6.45) is 11.6. The van der Waals surface area contributed by atoms with Crippen LogP contribution in [0.1, 0.15) is 80.4 Å². The number of amides is 2. The van der Waals surface area contributed by atoms with Gasteiger partial charge in [-0.15, -0.1) is 0 Å². The van der Waals surface area contributed by atoms with Gasteiger partial charge >= 0.3 is 0 Å². The summed E-state index contributed by atoms with van der Waals surface area (Å²) in [7, 11) is 0. The summed E-state index contributed by atoms with van der Waals surface area (Å²) in [6.45, 7) is 0.472. The van der Waals surface area contributed by atoms with Gasteiger partial charge in [0.1, 0.15) is 0 Å². The van der Waals surface area contributed by atoms with Crippen molar-refractivity contribution in [3.8, 4) is 0 Å². The van der Waals surface area contributed by atoms with Crippen LogP contribution in [0.5, 0.6) is 0 Å². The van der Waals surface area contributed by atoms with E-state index in [1.807, 2.05) is 54.7 Å². The number of aromatic nitrogens is 1. The van der Waals surface area contributed by atoms with E-state index in [-0.39, 0.29) is 23.8 Å². The molecule has 3 aromatic carbocycles. The Kier molecular flexibility index (Phi) is 9.23. The first-order valence-corrected chi connectivity index (χ1v) is 16.1. The number of rotatable bonds is 11. The summed E-state index contributed by atoms with van der Waals surface area (Å²) in [6, 6.07) is 28.6. The third-order valence-electron chi connectivity index (χ3n) is 9.58. The number of carbonyl (C=O) groups excluding carboxylic acids is 2. The number of H-pyrrole nitrogens is 1. The zero-order valence-corrected chi connectivity index (χ0v) is 25.0. The minimum atomic E-state index is -0.732. The van der Waals surface area contributed by atoms with E-state index in [0.717, 1.165) is 66.1 Å². The molecule has 6 nitrogen and oxygen atoms in total. The highest BCUT2D eigenvalue weighted by Gasteiger charge is 2.44. The Morgan fingerprint density at radius 3 is 2.09 bits per heavy atom. The van der Waals surface area contributed by atoms with Crippen LogP contribution >= 0.6 is 0 Å². The third-order valence-corrected chi connectivity index (χ3v) is 9.58. The molecule has 0 bridgehead atoms. The van der Waals surface area contributed by atoms with Gasteiger partial charge in [0, 0.05) is 35.6 Å². The van der Waals surface area contributed by atoms with Crippen LogP contribution in [0.25, 0.3) is 10.9 Å². The van der Waals surface area contributed by atoms with Crippen molar-refractivity contribution in [3.63, 3.8) is 0 Å². The lowest BCUT2D eigenvalue weighted by Crippen LogP contribution is -2.63. The van der Waals surface area contributed by atoms with E-state index < -0.39 is 11.6 Å². The molecule has 2 saturated carbocycles. The van der Waals surface area contributed by atoms with Crippen molar-refractivity contribution in [1.82, 2.24) is 20.9 Å². The van der Waals surface area contributed by atoms with E-state index in [1.54, 1.807) is 0 Å². The second-order valence-electron chi connectivity index (χ2n) is 12.5. The molecule has 0 saturated heterocycles. The molecule has 2 fully saturated rings. The predicted molar refractivity (Wildman–Crippen MR) is 173 cm³/mol. The van der Waals surface area contributed by atoms with Gasteiger partial charge in [0.15, 0.2) is 0 Å². The molecule has 6 heteroatoms. The van der Waals surface area contributed by atoms with E-state index in [0.29, 0.717) is 13.0 Å². The first-order valence-electron chi connectivity index (χ1n) is 16.1. The summed E-state index contributed by atoms with van der Waals surface area (Å²) in [5.74, 6) is 0.0223. The highest BCUT2D eigenvalue weighted by Crippen LogP contribution is 2.32. The third kappa shape index (κ3) is 6.86. The van der Waals surface area contributed by atoms with Crippen LogP contribution in [0.15, 0.2) is 91.1 Å². The van der Waals surface area contributed by atoms with Gasteiger partial charge in [-0.1, -0.05) is 111 Å². The molecule has 1 heterocycles. The summed E-state index contributed by atoms with van der Waals surface area (Å²) >= 11 is 0. The first-order chi connectivity index (χ1) is 21.1. The van der Waals surface area contributed by atoms with Crippen molar-refractivity contribution in [1.29, 1.82) is 0 Å². The Bertz CT molecular complexity index is 1450. The molecule has 224 valence electrons. The molecule has 2 amide bonds. The number of para-hydroxylation sites is 1. The van der Waals surface area contributed by atoms with Gasteiger partial charge in [-0.2, -0.15) is 0 Å². The smallest absolute Gasteiger partial charge is 0.240 e. The second-order valence-corrected chi connectivity index (χ2v) is 12.5. The molecule has 2 aliphatic rings. The molecule has 0 unspecified atom stereocenters. The summed E-state index contributed by atoms with van der Waals surface area (Å²) in [5, 5.41) is 11.5. The minimum Gasteiger partial charge on any atom is -0.361 e. The second kappa shape index (κ2) is 13.6. The molecule has 0 radical (unpaired) electrons. The molecule has 4 N–H and O–H groups in total. The van der Waals surface area contributed by atoms with Crippen molar-refractivity contribution >= 4 is 22.7 Å². The largest absolute Gasteiger partial charge is 0.361 e. The van der Waals surface area contributed by atoms with Crippen LogP contribution in [0, 0.1) is 0 Å². The van der Waals surface area contributed by atoms with Gasteiger partial charge < -0.3 is 15.6 Å². The van der Waals surface area contributed by atoms with E-state index in [1.165, 1.54) is 19.3 Å². The monoisotopic (exact) mass is 576 g/mol. The zero-order chi connectivity index (χ0) is 29.5. The van der Waals surface area contributed by atoms with E-state index in [2.05, 4.69) is 57.3 Å². The van der Waals surface area contributed by atoms with Gasteiger partial charge in [-0.25, -0.2) is 0 Å². The van der Waals surface area contributed by atoms with E-state index in [9.17, 15) is 9.59 Å². The van der Waals surface area contributed by atoms with Crippen molar-refractivity contribution in [3.05, 3.63) is 108 Å². The van der Waals surface area contributed by atoms with Gasteiger partial charge in [0.05, 0.1) is 11.6 Å². The Balaban J connectivity index is 1.25. The Labute approximate surface area is 255 Å². The molecular weight excluding hydrogens is 532 g/mol.